The molecule has 0 aliphatic heterocycles. The lowest BCUT2D eigenvalue weighted by Gasteiger charge is -2.24. The van der Waals surface area contributed by atoms with Crippen molar-refractivity contribution in [1.29, 1.82) is 0 Å². The van der Waals surface area contributed by atoms with Gasteiger partial charge in [0.1, 0.15) is 0 Å². The number of para-hydroxylation sites is 1. The molecule has 0 aliphatic carbocycles. The lowest BCUT2D eigenvalue weighted by Crippen LogP contribution is -2.40. The number of methoxy groups -OCH3 is 1. The fraction of sp³-hybridized carbons (Fsp3) is 0.333. The van der Waals surface area contributed by atoms with E-state index in [1.165, 1.54) is 7.11 Å². The Balaban J connectivity index is 2.12. The summed E-state index contributed by atoms with van der Waals surface area (Å²) >= 11 is 0. The number of rotatable bonds is 8. The van der Waals surface area contributed by atoms with Crippen molar-refractivity contribution < 1.29 is 23.8 Å². The van der Waals surface area contributed by atoms with Crippen LogP contribution in [0.5, 0.6) is 11.5 Å². The third kappa shape index (κ3) is 5.00. The maximum absolute atomic E-state index is 12.7. The Kier molecular flexibility index (Phi) is 7.23. The van der Waals surface area contributed by atoms with Gasteiger partial charge in [0.15, 0.2) is 17.6 Å². The lowest BCUT2D eigenvalue weighted by molar-refractivity contribution is -0.126. The minimum absolute atomic E-state index is 0.282. The number of hydrogen-bond acceptors (Lipinski definition) is 5. The molecule has 0 radical (unpaired) electrons. The topological polar surface area (TPSA) is 65.1 Å². The van der Waals surface area contributed by atoms with Crippen LogP contribution >= 0.6 is 0 Å². The van der Waals surface area contributed by atoms with Gasteiger partial charge in [0.2, 0.25) is 0 Å². The SMILES string of the molecule is CCOc1cc(C(=O)O[C@H](C)C(=O)N(CC)c2ccccc2)ccc1OC. The molecule has 0 saturated heterocycles. The van der Waals surface area contributed by atoms with Crippen LogP contribution in [0.4, 0.5) is 5.69 Å². The summed E-state index contributed by atoms with van der Waals surface area (Å²) in [6.45, 7) is 6.19. The molecule has 27 heavy (non-hydrogen) atoms. The molecule has 0 aromatic heterocycles. The number of anilines is 1. The molecule has 1 amide bonds. The highest BCUT2D eigenvalue weighted by Gasteiger charge is 2.25. The number of hydrogen-bond donors (Lipinski definition) is 0. The van der Waals surface area contributed by atoms with Crippen LogP contribution in [0.1, 0.15) is 31.1 Å². The van der Waals surface area contributed by atoms with Gasteiger partial charge >= 0.3 is 5.97 Å². The highest BCUT2D eigenvalue weighted by atomic mass is 16.5. The minimum atomic E-state index is -0.921. The number of carbonyl (C=O) groups excluding carboxylic acids is 2. The predicted molar refractivity (Wildman–Crippen MR) is 104 cm³/mol. The maximum Gasteiger partial charge on any atom is 0.339 e. The van der Waals surface area contributed by atoms with E-state index < -0.39 is 12.1 Å². The van der Waals surface area contributed by atoms with E-state index in [0.717, 1.165) is 5.69 Å². The molecule has 0 bridgehead atoms. The first-order chi connectivity index (χ1) is 13.0. The zero-order valence-corrected chi connectivity index (χ0v) is 16.1. The van der Waals surface area contributed by atoms with Crippen molar-refractivity contribution >= 4 is 17.6 Å². The Labute approximate surface area is 159 Å². The van der Waals surface area contributed by atoms with Gasteiger partial charge in [-0.1, -0.05) is 18.2 Å². The molecular weight excluding hydrogens is 346 g/mol. The molecule has 0 N–H and O–H groups in total. The van der Waals surface area contributed by atoms with Crippen molar-refractivity contribution in [1.82, 2.24) is 0 Å². The van der Waals surface area contributed by atoms with Gasteiger partial charge in [-0.2, -0.15) is 0 Å². The minimum Gasteiger partial charge on any atom is -0.493 e. The van der Waals surface area contributed by atoms with Crippen LogP contribution in [0.25, 0.3) is 0 Å². The first kappa shape index (κ1) is 20.3. The van der Waals surface area contributed by atoms with Gasteiger partial charge in [0, 0.05) is 12.2 Å². The smallest absolute Gasteiger partial charge is 0.339 e. The van der Waals surface area contributed by atoms with Crippen LogP contribution in [0, 0.1) is 0 Å². The first-order valence-corrected chi connectivity index (χ1v) is 8.90. The summed E-state index contributed by atoms with van der Waals surface area (Å²) in [7, 11) is 1.53. The van der Waals surface area contributed by atoms with Crippen LogP contribution in [0.3, 0.4) is 0 Å². The molecule has 0 spiro atoms. The van der Waals surface area contributed by atoms with Crippen LogP contribution in [0.15, 0.2) is 48.5 Å². The molecule has 144 valence electrons. The summed E-state index contributed by atoms with van der Waals surface area (Å²) < 4.78 is 16.1. The molecule has 0 unspecified atom stereocenters. The molecule has 2 aromatic carbocycles. The van der Waals surface area contributed by atoms with Crippen LogP contribution in [-0.2, 0) is 9.53 Å². The second kappa shape index (κ2) is 9.62. The highest BCUT2D eigenvalue weighted by Crippen LogP contribution is 2.28. The van der Waals surface area contributed by atoms with E-state index in [1.807, 2.05) is 44.2 Å². The molecule has 1 atom stereocenters. The number of benzene rings is 2. The van der Waals surface area contributed by atoms with Crippen molar-refractivity contribution in [3.05, 3.63) is 54.1 Å². The molecule has 6 heteroatoms. The fourth-order valence-electron chi connectivity index (χ4n) is 2.64. The molecule has 0 fully saturated rings. The molecule has 0 heterocycles. The fourth-order valence-corrected chi connectivity index (χ4v) is 2.64. The number of amides is 1. The van der Waals surface area contributed by atoms with Gasteiger partial charge in [0.25, 0.3) is 5.91 Å². The van der Waals surface area contributed by atoms with Gasteiger partial charge in [0.05, 0.1) is 19.3 Å². The van der Waals surface area contributed by atoms with E-state index in [2.05, 4.69) is 0 Å². The lowest BCUT2D eigenvalue weighted by atomic mass is 10.2. The van der Waals surface area contributed by atoms with Gasteiger partial charge in [-0.05, 0) is 51.1 Å². The third-order valence-electron chi connectivity index (χ3n) is 3.98. The van der Waals surface area contributed by atoms with Crippen molar-refractivity contribution in [2.75, 3.05) is 25.2 Å². The molecular formula is C21H25NO5. The predicted octanol–water partition coefficient (Wildman–Crippen LogP) is 3.69. The number of esters is 1. The van der Waals surface area contributed by atoms with E-state index >= 15 is 0 Å². The number of likely N-dealkylation sites (N-methyl/N-ethyl adjacent to an activating group) is 1. The Hall–Kier alpha value is -3.02. The van der Waals surface area contributed by atoms with Gasteiger partial charge < -0.3 is 19.1 Å². The summed E-state index contributed by atoms with van der Waals surface area (Å²) in [6, 6.07) is 14.0. The van der Waals surface area contributed by atoms with Gasteiger partial charge in [-0.25, -0.2) is 4.79 Å². The molecule has 2 aromatic rings. The average Bonchev–Trinajstić information content (AvgIpc) is 2.69. The second-order valence-electron chi connectivity index (χ2n) is 5.76. The zero-order chi connectivity index (χ0) is 19.8. The van der Waals surface area contributed by atoms with Crippen LogP contribution in [-0.4, -0.2) is 38.2 Å². The second-order valence-corrected chi connectivity index (χ2v) is 5.76. The maximum atomic E-state index is 12.7. The quantitative estimate of drug-likeness (QED) is 0.662. The van der Waals surface area contributed by atoms with Crippen LogP contribution < -0.4 is 14.4 Å². The van der Waals surface area contributed by atoms with Gasteiger partial charge in [-0.15, -0.1) is 0 Å². The number of ether oxygens (including phenoxy) is 3. The Bertz CT molecular complexity index is 775. The molecule has 0 saturated carbocycles. The van der Waals surface area contributed by atoms with Crippen molar-refractivity contribution in [2.45, 2.75) is 26.9 Å². The van der Waals surface area contributed by atoms with E-state index in [4.69, 9.17) is 14.2 Å². The number of nitrogens with zero attached hydrogens (tertiary/aromatic N) is 1. The molecule has 2 rings (SSSR count). The summed E-state index contributed by atoms with van der Waals surface area (Å²) in [6.07, 6.45) is -0.921. The summed E-state index contributed by atoms with van der Waals surface area (Å²) in [5, 5.41) is 0. The van der Waals surface area contributed by atoms with Gasteiger partial charge in [-0.3, -0.25) is 4.79 Å². The van der Waals surface area contributed by atoms with E-state index in [0.29, 0.717) is 30.2 Å². The van der Waals surface area contributed by atoms with Crippen LogP contribution in [0.2, 0.25) is 0 Å². The highest BCUT2D eigenvalue weighted by molar-refractivity contribution is 5.99. The monoisotopic (exact) mass is 371 g/mol. The Morgan fingerprint density at radius 2 is 1.74 bits per heavy atom. The average molecular weight is 371 g/mol. The number of carbonyl (C=O) groups is 2. The largest absolute Gasteiger partial charge is 0.493 e. The zero-order valence-electron chi connectivity index (χ0n) is 16.1. The van der Waals surface area contributed by atoms with E-state index in [-0.39, 0.29) is 5.91 Å². The third-order valence-corrected chi connectivity index (χ3v) is 3.98. The van der Waals surface area contributed by atoms with Crippen molar-refractivity contribution in [3.63, 3.8) is 0 Å². The molecule has 0 aliphatic rings. The van der Waals surface area contributed by atoms with E-state index in [1.54, 1.807) is 30.0 Å². The van der Waals surface area contributed by atoms with E-state index in [9.17, 15) is 9.59 Å². The normalized spacial score (nSPS) is 11.4. The first-order valence-electron chi connectivity index (χ1n) is 8.90. The summed E-state index contributed by atoms with van der Waals surface area (Å²) in [5.41, 5.74) is 1.05. The Morgan fingerprint density at radius 1 is 1.04 bits per heavy atom. The molecule has 6 nitrogen and oxygen atoms in total. The summed E-state index contributed by atoms with van der Waals surface area (Å²) in [4.78, 5) is 26.8. The van der Waals surface area contributed by atoms with Crippen molar-refractivity contribution in [2.24, 2.45) is 0 Å². The Morgan fingerprint density at radius 3 is 2.33 bits per heavy atom. The standard InChI is InChI=1S/C21H25NO5/c1-5-22(17-10-8-7-9-11-17)20(23)15(3)27-21(24)16-12-13-18(25-4)19(14-16)26-6-2/h7-15H,5-6H2,1-4H3/t15-/m1/s1. The summed E-state index contributed by atoms with van der Waals surface area (Å²) in [5.74, 6) is 0.103. The van der Waals surface area contributed by atoms with Crippen molar-refractivity contribution in [3.8, 4) is 11.5 Å².